The van der Waals surface area contributed by atoms with E-state index < -0.39 is 15.9 Å². The summed E-state index contributed by atoms with van der Waals surface area (Å²) in [4.78, 5) is 26.4. The molecule has 0 atom stereocenters. The molecule has 182 valence electrons. The van der Waals surface area contributed by atoms with Crippen molar-refractivity contribution in [2.45, 2.75) is 18.7 Å². The van der Waals surface area contributed by atoms with Gasteiger partial charge in [0.2, 0.25) is 0 Å². The Labute approximate surface area is 215 Å². The lowest BCUT2D eigenvalue weighted by molar-refractivity contribution is 0.102. The molecular weight excluding hydrogens is 496 g/mol. The molecule has 0 aliphatic rings. The van der Waals surface area contributed by atoms with Crippen LogP contribution in [0.1, 0.15) is 37.4 Å². The van der Waals surface area contributed by atoms with Crippen LogP contribution in [-0.2, 0) is 10.0 Å². The molecule has 4 aromatic rings. The van der Waals surface area contributed by atoms with Crippen molar-refractivity contribution in [2.75, 3.05) is 10.0 Å². The second-order valence-corrected chi connectivity index (χ2v) is 10.4. The number of ketones is 1. The van der Waals surface area contributed by atoms with Crippen molar-refractivity contribution in [2.24, 2.45) is 0 Å². The van der Waals surface area contributed by atoms with Crippen LogP contribution in [-0.4, -0.2) is 20.1 Å². The SMILES string of the molecule is Cc1ccc(S(=O)(=O)Nc2cccc(C(=O)Nc3ccc(Cl)cc3C(=O)c3ccccc3)c2C)cc1. The molecule has 0 saturated carbocycles. The zero-order chi connectivity index (χ0) is 25.9. The van der Waals surface area contributed by atoms with Gasteiger partial charge in [0.05, 0.1) is 16.3 Å². The van der Waals surface area contributed by atoms with Crippen LogP contribution in [0.15, 0.2) is 95.9 Å². The number of nitrogens with one attached hydrogen (secondary N) is 2. The molecule has 0 aromatic heterocycles. The predicted octanol–water partition coefficient (Wildman–Crippen LogP) is 6.24. The van der Waals surface area contributed by atoms with Crippen LogP contribution in [0.3, 0.4) is 0 Å². The van der Waals surface area contributed by atoms with Crippen LogP contribution in [0.4, 0.5) is 11.4 Å². The molecule has 4 aromatic carbocycles. The molecule has 1 amide bonds. The van der Waals surface area contributed by atoms with E-state index in [2.05, 4.69) is 10.0 Å². The second-order valence-electron chi connectivity index (χ2n) is 8.24. The normalized spacial score (nSPS) is 11.1. The summed E-state index contributed by atoms with van der Waals surface area (Å²) in [5.41, 5.74) is 2.91. The Morgan fingerprint density at radius 2 is 1.44 bits per heavy atom. The van der Waals surface area contributed by atoms with Gasteiger partial charge in [-0.05, 0) is 61.9 Å². The zero-order valence-electron chi connectivity index (χ0n) is 19.6. The van der Waals surface area contributed by atoms with E-state index >= 15 is 0 Å². The molecule has 36 heavy (non-hydrogen) atoms. The minimum atomic E-state index is -3.85. The van der Waals surface area contributed by atoms with Gasteiger partial charge in [0.25, 0.3) is 15.9 Å². The first-order chi connectivity index (χ1) is 17.2. The van der Waals surface area contributed by atoms with Gasteiger partial charge in [0.1, 0.15) is 0 Å². The van der Waals surface area contributed by atoms with Gasteiger partial charge in [-0.3, -0.25) is 14.3 Å². The summed E-state index contributed by atoms with van der Waals surface area (Å²) in [6, 6.07) is 24.6. The third-order valence-corrected chi connectivity index (χ3v) is 7.28. The van der Waals surface area contributed by atoms with E-state index in [1.54, 1.807) is 79.7 Å². The van der Waals surface area contributed by atoms with Gasteiger partial charge in [-0.15, -0.1) is 0 Å². The number of halogens is 1. The molecule has 0 bridgehead atoms. The number of sulfonamides is 1. The summed E-state index contributed by atoms with van der Waals surface area (Å²) in [5.74, 6) is -0.780. The fraction of sp³-hybridized carbons (Fsp3) is 0.0714. The Hall–Kier alpha value is -3.94. The highest BCUT2D eigenvalue weighted by Crippen LogP contribution is 2.27. The highest BCUT2D eigenvalue weighted by molar-refractivity contribution is 7.92. The van der Waals surface area contributed by atoms with E-state index in [-0.39, 0.29) is 27.5 Å². The maximum atomic E-state index is 13.2. The maximum Gasteiger partial charge on any atom is 0.261 e. The summed E-state index contributed by atoms with van der Waals surface area (Å²) < 4.78 is 28.3. The van der Waals surface area contributed by atoms with Gasteiger partial charge >= 0.3 is 0 Å². The van der Waals surface area contributed by atoms with Crippen molar-refractivity contribution >= 4 is 44.7 Å². The molecule has 0 unspecified atom stereocenters. The van der Waals surface area contributed by atoms with E-state index in [1.165, 1.54) is 18.2 Å². The Bertz CT molecular complexity index is 1550. The van der Waals surface area contributed by atoms with Gasteiger partial charge in [0.15, 0.2) is 5.78 Å². The number of hydrogen-bond donors (Lipinski definition) is 2. The Morgan fingerprint density at radius 3 is 2.14 bits per heavy atom. The lowest BCUT2D eigenvalue weighted by Crippen LogP contribution is -2.18. The average Bonchev–Trinajstić information content (AvgIpc) is 2.86. The lowest BCUT2D eigenvalue weighted by Gasteiger charge is -2.15. The number of anilines is 2. The number of amides is 1. The first-order valence-corrected chi connectivity index (χ1v) is 12.9. The van der Waals surface area contributed by atoms with E-state index in [1.807, 2.05) is 6.92 Å². The van der Waals surface area contributed by atoms with Crippen molar-refractivity contribution in [3.8, 4) is 0 Å². The van der Waals surface area contributed by atoms with E-state index in [0.29, 0.717) is 21.8 Å². The van der Waals surface area contributed by atoms with Crippen molar-refractivity contribution in [3.63, 3.8) is 0 Å². The Kier molecular flexibility index (Phi) is 7.24. The molecule has 0 aliphatic carbocycles. The maximum absolute atomic E-state index is 13.2. The molecule has 0 aliphatic heterocycles. The average molecular weight is 519 g/mol. The van der Waals surface area contributed by atoms with Crippen LogP contribution >= 0.6 is 11.6 Å². The smallest absolute Gasteiger partial charge is 0.261 e. The minimum Gasteiger partial charge on any atom is -0.321 e. The standard InChI is InChI=1S/C28H23ClN2O4S/c1-18-11-14-22(15-12-18)36(34,35)31-25-10-6-9-23(19(25)2)28(33)30-26-16-13-21(29)17-24(26)27(32)20-7-4-3-5-8-20/h3-17,31H,1-2H3,(H,30,33). The molecule has 6 nitrogen and oxygen atoms in total. The Balaban J connectivity index is 1.62. The number of aryl methyl sites for hydroxylation is 1. The van der Waals surface area contributed by atoms with E-state index in [9.17, 15) is 18.0 Å². The topological polar surface area (TPSA) is 92.3 Å². The Morgan fingerprint density at radius 1 is 0.750 bits per heavy atom. The number of rotatable bonds is 7. The number of benzene rings is 4. The third kappa shape index (κ3) is 5.48. The van der Waals surface area contributed by atoms with Crippen LogP contribution in [0.25, 0.3) is 0 Å². The molecule has 0 spiro atoms. The van der Waals surface area contributed by atoms with Gasteiger partial charge in [0, 0.05) is 21.7 Å². The summed E-state index contributed by atoms with van der Waals surface area (Å²) in [6.07, 6.45) is 0. The summed E-state index contributed by atoms with van der Waals surface area (Å²) in [6.45, 7) is 3.52. The second kappa shape index (κ2) is 10.4. The number of hydrogen-bond acceptors (Lipinski definition) is 4. The molecule has 0 fully saturated rings. The summed E-state index contributed by atoms with van der Waals surface area (Å²) in [7, 11) is -3.85. The zero-order valence-corrected chi connectivity index (χ0v) is 21.2. The summed E-state index contributed by atoms with van der Waals surface area (Å²) >= 11 is 6.14. The fourth-order valence-corrected chi connectivity index (χ4v) is 4.96. The monoisotopic (exact) mass is 518 g/mol. The molecule has 4 rings (SSSR count). The summed E-state index contributed by atoms with van der Waals surface area (Å²) in [5, 5.41) is 3.14. The van der Waals surface area contributed by atoms with E-state index in [0.717, 1.165) is 5.56 Å². The largest absolute Gasteiger partial charge is 0.321 e. The molecular formula is C28H23ClN2O4S. The van der Waals surface area contributed by atoms with Crippen LogP contribution < -0.4 is 10.0 Å². The highest BCUT2D eigenvalue weighted by Gasteiger charge is 2.20. The molecule has 0 heterocycles. The highest BCUT2D eigenvalue weighted by atomic mass is 35.5. The first kappa shape index (κ1) is 25.2. The van der Waals surface area contributed by atoms with Crippen LogP contribution in [0.2, 0.25) is 5.02 Å². The molecule has 0 saturated heterocycles. The van der Waals surface area contributed by atoms with Crippen molar-refractivity contribution in [3.05, 3.63) is 124 Å². The number of carbonyl (C=O) groups is 2. The minimum absolute atomic E-state index is 0.118. The number of carbonyl (C=O) groups excluding carboxylic acids is 2. The van der Waals surface area contributed by atoms with Gasteiger partial charge < -0.3 is 5.32 Å². The molecule has 2 N–H and O–H groups in total. The van der Waals surface area contributed by atoms with E-state index in [4.69, 9.17) is 11.6 Å². The molecule has 0 radical (unpaired) electrons. The van der Waals surface area contributed by atoms with Crippen LogP contribution in [0.5, 0.6) is 0 Å². The molecule has 8 heteroatoms. The quantitative estimate of drug-likeness (QED) is 0.283. The predicted molar refractivity (Wildman–Crippen MR) is 142 cm³/mol. The van der Waals surface area contributed by atoms with Gasteiger partial charge in [-0.2, -0.15) is 0 Å². The van der Waals surface area contributed by atoms with Crippen molar-refractivity contribution in [1.29, 1.82) is 0 Å². The van der Waals surface area contributed by atoms with Gasteiger partial charge in [-0.1, -0.05) is 65.7 Å². The van der Waals surface area contributed by atoms with Gasteiger partial charge in [-0.25, -0.2) is 8.42 Å². The van der Waals surface area contributed by atoms with Crippen molar-refractivity contribution < 1.29 is 18.0 Å². The fourth-order valence-electron chi connectivity index (χ4n) is 3.66. The first-order valence-electron chi connectivity index (χ1n) is 11.1. The van der Waals surface area contributed by atoms with Crippen molar-refractivity contribution in [1.82, 2.24) is 0 Å². The third-order valence-electron chi connectivity index (χ3n) is 5.66. The van der Waals surface area contributed by atoms with Crippen LogP contribution in [0, 0.1) is 13.8 Å². The lowest BCUT2D eigenvalue weighted by atomic mass is 10.0.